The third-order valence-corrected chi connectivity index (χ3v) is 7.07. The lowest BCUT2D eigenvalue weighted by molar-refractivity contribution is -0.142. The highest BCUT2D eigenvalue weighted by molar-refractivity contribution is 8.00. The van der Waals surface area contributed by atoms with Gasteiger partial charge in [-0.2, -0.15) is 0 Å². The van der Waals surface area contributed by atoms with E-state index in [4.69, 9.17) is 0 Å². The number of hydrogen-bond donors (Lipinski definition) is 2. The molecule has 2 saturated heterocycles. The molecule has 4 atom stereocenters. The van der Waals surface area contributed by atoms with Gasteiger partial charge in [-0.3, -0.25) is 19.2 Å². The molecule has 3 rings (SSSR count). The minimum absolute atomic E-state index is 0.0768. The monoisotopic (exact) mass is 459 g/mol. The summed E-state index contributed by atoms with van der Waals surface area (Å²) in [6.07, 6.45) is 3.36. The molecule has 4 unspecified atom stereocenters. The van der Waals surface area contributed by atoms with Crippen LogP contribution in [0.15, 0.2) is 30.3 Å². The van der Waals surface area contributed by atoms with Gasteiger partial charge in [0.15, 0.2) is 0 Å². The molecule has 0 saturated carbocycles. The van der Waals surface area contributed by atoms with Crippen LogP contribution in [0.1, 0.15) is 44.6 Å². The van der Waals surface area contributed by atoms with Gasteiger partial charge in [0.2, 0.25) is 17.7 Å². The number of aldehydes is 1. The Morgan fingerprint density at radius 3 is 2.66 bits per heavy atom. The van der Waals surface area contributed by atoms with Gasteiger partial charge < -0.3 is 20.3 Å². The van der Waals surface area contributed by atoms with E-state index in [0.717, 1.165) is 18.4 Å². The molecule has 2 N–H and O–H groups in total. The van der Waals surface area contributed by atoms with E-state index in [-0.39, 0.29) is 35.8 Å². The Kier molecular flexibility index (Phi) is 8.44. The van der Waals surface area contributed by atoms with Gasteiger partial charge in [-0.25, -0.2) is 0 Å². The summed E-state index contributed by atoms with van der Waals surface area (Å²) in [5.74, 6) is -0.684. The first-order chi connectivity index (χ1) is 15.4. The molecule has 0 aromatic heterocycles. The average molecular weight is 460 g/mol. The summed E-state index contributed by atoms with van der Waals surface area (Å²) >= 11 is 1.53. The summed E-state index contributed by atoms with van der Waals surface area (Å²) < 4.78 is 0. The van der Waals surface area contributed by atoms with Gasteiger partial charge in [0.05, 0.1) is 11.4 Å². The number of ketones is 1. The van der Waals surface area contributed by atoms with Crippen molar-refractivity contribution in [1.82, 2.24) is 15.5 Å². The van der Waals surface area contributed by atoms with Crippen LogP contribution >= 0.6 is 11.8 Å². The van der Waals surface area contributed by atoms with Crippen LogP contribution in [0, 0.1) is 0 Å². The number of nitrogens with zero attached hydrogens (tertiary/aromatic N) is 1. The van der Waals surface area contributed by atoms with Crippen molar-refractivity contribution >= 4 is 41.6 Å². The van der Waals surface area contributed by atoms with E-state index in [1.165, 1.54) is 18.7 Å². The van der Waals surface area contributed by atoms with Gasteiger partial charge in [-0.15, -0.1) is 11.8 Å². The van der Waals surface area contributed by atoms with Gasteiger partial charge in [0, 0.05) is 18.6 Å². The SMILES string of the molecule is CC(=O)CC(C=O)NC(=O)C1CSC2CCCC(NC(=O)CCc3ccccc3)C(=O)N21. The Hall–Kier alpha value is -2.68. The number of nitrogens with one attached hydrogen (secondary N) is 2. The van der Waals surface area contributed by atoms with Crippen LogP contribution in [0.5, 0.6) is 0 Å². The van der Waals surface area contributed by atoms with Crippen molar-refractivity contribution in [2.24, 2.45) is 0 Å². The molecule has 3 amide bonds. The maximum Gasteiger partial charge on any atom is 0.246 e. The number of Topliss-reactive ketones (excluding diaryl/α,β-unsaturated/α-hetero) is 1. The zero-order valence-corrected chi connectivity index (χ0v) is 18.9. The number of rotatable bonds is 9. The summed E-state index contributed by atoms with van der Waals surface area (Å²) in [7, 11) is 0. The van der Waals surface area contributed by atoms with Gasteiger partial charge >= 0.3 is 0 Å². The van der Waals surface area contributed by atoms with Crippen molar-refractivity contribution in [3.05, 3.63) is 35.9 Å². The van der Waals surface area contributed by atoms with Gasteiger partial charge in [0.25, 0.3) is 0 Å². The predicted octanol–water partition coefficient (Wildman–Crippen LogP) is 1.22. The third-order valence-electron chi connectivity index (χ3n) is 5.71. The maximum atomic E-state index is 13.3. The van der Waals surface area contributed by atoms with Crippen molar-refractivity contribution in [1.29, 1.82) is 0 Å². The Morgan fingerprint density at radius 1 is 1.22 bits per heavy atom. The van der Waals surface area contributed by atoms with E-state index >= 15 is 0 Å². The number of aryl methyl sites for hydroxylation is 1. The fraction of sp³-hybridized carbons (Fsp3) is 0.522. The lowest BCUT2D eigenvalue weighted by atomic mass is 10.1. The minimum Gasteiger partial charge on any atom is -0.344 e. The molecule has 0 spiro atoms. The highest BCUT2D eigenvalue weighted by Crippen LogP contribution is 2.35. The lowest BCUT2D eigenvalue weighted by Crippen LogP contribution is -2.56. The second-order valence-electron chi connectivity index (χ2n) is 8.24. The van der Waals surface area contributed by atoms with E-state index in [1.807, 2.05) is 30.3 Å². The summed E-state index contributed by atoms with van der Waals surface area (Å²) in [5.41, 5.74) is 1.05. The fourth-order valence-electron chi connectivity index (χ4n) is 4.11. The number of thioether (sulfide) groups is 1. The standard InChI is InChI=1S/C23H29N3O5S/c1-15(28)12-17(13-27)24-22(30)19-14-32-21-9-5-8-18(23(31)26(19)21)25-20(29)11-10-16-6-3-2-4-7-16/h2-4,6-7,13,17-19,21H,5,8-12,14H2,1H3,(H,24,30)(H,25,29). The first-order valence-electron chi connectivity index (χ1n) is 10.9. The second kappa shape index (κ2) is 11.3. The molecular weight excluding hydrogens is 430 g/mol. The molecule has 0 bridgehead atoms. The fourth-order valence-corrected chi connectivity index (χ4v) is 5.57. The molecular formula is C23H29N3O5S. The topological polar surface area (TPSA) is 113 Å². The van der Waals surface area contributed by atoms with E-state index in [2.05, 4.69) is 10.6 Å². The molecule has 0 aliphatic carbocycles. The zero-order valence-electron chi connectivity index (χ0n) is 18.1. The number of hydrogen-bond acceptors (Lipinski definition) is 6. The molecule has 32 heavy (non-hydrogen) atoms. The number of carbonyl (C=O) groups is 5. The number of fused-ring (bicyclic) bond motifs is 1. The Morgan fingerprint density at radius 2 is 1.97 bits per heavy atom. The normalized spacial score (nSPS) is 23.6. The predicted molar refractivity (Wildman–Crippen MR) is 121 cm³/mol. The number of amides is 3. The lowest BCUT2D eigenvalue weighted by Gasteiger charge is -2.30. The summed E-state index contributed by atoms with van der Waals surface area (Å²) in [6, 6.07) is 7.37. The first kappa shape index (κ1) is 24.0. The Balaban J connectivity index is 1.62. The van der Waals surface area contributed by atoms with Crippen LogP contribution in [0.2, 0.25) is 0 Å². The summed E-state index contributed by atoms with van der Waals surface area (Å²) in [6.45, 7) is 1.35. The van der Waals surface area contributed by atoms with Gasteiger partial charge in [-0.1, -0.05) is 30.3 Å². The number of benzene rings is 1. The largest absolute Gasteiger partial charge is 0.344 e. The highest BCUT2D eigenvalue weighted by atomic mass is 32.2. The Labute approximate surface area is 191 Å². The third kappa shape index (κ3) is 6.18. The number of carbonyl (C=O) groups excluding carboxylic acids is 5. The van der Waals surface area contributed by atoms with Crippen LogP contribution in [0.3, 0.4) is 0 Å². The summed E-state index contributed by atoms with van der Waals surface area (Å²) in [5, 5.41) is 5.31. The van der Waals surface area contributed by atoms with Crippen LogP contribution in [0.25, 0.3) is 0 Å². The molecule has 0 radical (unpaired) electrons. The Bertz CT molecular complexity index is 862. The van der Waals surface area contributed by atoms with Crippen LogP contribution in [0.4, 0.5) is 0 Å². The van der Waals surface area contributed by atoms with E-state index in [1.54, 1.807) is 4.90 Å². The van der Waals surface area contributed by atoms with Gasteiger partial charge in [-0.05, 0) is 38.2 Å². The summed E-state index contributed by atoms with van der Waals surface area (Å²) in [4.78, 5) is 62.7. The van der Waals surface area contributed by atoms with Crippen LogP contribution in [-0.4, -0.2) is 63.9 Å². The highest BCUT2D eigenvalue weighted by Gasteiger charge is 2.45. The molecule has 2 aliphatic heterocycles. The van der Waals surface area contributed by atoms with E-state index < -0.39 is 24.0 Å². The van der Waals surface area contributed by atoms with Crippen molar-refractivity contribution < 1.29 is 24.0 Å². The molecule has 8 nitrogen and oxygen atoms in total. The van der Waals surface area contributed by atoms with E-state index in [9.17, 15) is 24.0 Å². The molecule has 172 valence electrons. The zero-order chi connectivity index (χ0) is 23.1. The molecule has 1 aromatic carbocycles. The molecule has 2 aliphatic rings. The minimum atomic E-state index is -0.903. The van der Waals surface area contributed by atoms with Crippen LogP contribution < -0.4 is 10.6 Å². The maximum absolute atomic E-state index is 13.3. The quantitative estimate of drug-likeness (QED) is 0.537. The van der Waals surface area contributed by atoms with E-state index in [0.29, 0.717) is 24.9 Å². The molecule has 2 fully saturated rings. The van der Waals surface area contributed by atoms with Crippen molar-refractivity contribution in [2.45, 2.75) is 68.9 Å². The molecule has 9 heteroatoms. The van der Waals surface area contributed by atoms with Crippen molar-refractivity contribution in [2.75, 3.05) is 5.75 Å². The second-order valence-corrected chi connectivity index (χ2v) is 9.45. The smallest absolute Gasteiger partial charge is 0.246 e. The van der Waals surface area contributed by atoms with Crippen molar-refractivity contribution in [3.63, 3.8) is 0 Å². The van der Waals surface area contributed by atoms with Crippen LogP contribution in [-0.2, 0) is 30.4 Å². The van der Waals surface area contributed by atoms with Gasteiger partial charge in [0.1, 0.15) is 24.2 Å². The molecule has 1 aromatic rings. The average Bonchev–Trinajstić information content (AvgIpc) is 3.14. The molecule has 2 heterocycles. The van der Waals surface area contributed by atoms with Crippen molar-refractivity contribution in [3.8, 4) is 0 Å². The first-order valence-corrected chi connectivity index (χ1v) is 12.0.